The molecule has 0 aliphatic heterocycles. The Balaban J connectivity index is 1.16. The quantitative estimate of drug-likeness (QED) is 0.179. The Morgan fingerprint density at radius 2 is 0.824 bits per heavy atom. The third-order valence-electron chi connectivity index (χ3n) is 9.87. The van der Waals surface area contributed by atoms with Crippen LogP contribution in [0, 0.1) is 0 Å². The van der Waals surface area contributed by atoms with Gasteiger partial charge in [-0.2, -0.15) is 0 Å². The van der Waals surface area contributed by atoms with Gasteiger partial charge < -0.3 is 13.7 Å². The zero-order valence-electron chi connectivity index (χ0n) is 27.7. The van der Waals surface area contributed by atoms with E-state index >= 15 is 0 Å². The van der Waals surface area contributed by atoms with Crippen LogP contribution in [0.4, 0.5) is 17.1 Å². The molecule has 2 aromatic heterocycles. The summed E-state index contributed by atoms with van der Waals surface area (Å²) in [6.45, 7) is 0. The predicted molar refractivity (Wildman–Crippen MR) is 212 cm³/mol. The van der Waals surface area contributed by atoms with Crippen LogP contribution in [0.2, 0.25) is 0 Å². The minimum atomic E-state index is 0.823. The molecule has 0 saturated carbocycles. The first-order chi connectivity index (χ1) is 25.3. The van der Waals surface area contributed by atoms with E-state index in [4.69, 9.17) is 8.83 Å². The molecule has 0 aliphatic carbocycles. The van der Waals surface area contributed by atoms with E-state index in [0.717, 1.165) is 72.1 Å². The number of hydrogen-bond donors (Lipinski definition) is 0. The highest BCUT2D eigenvalue weighted by Gasteiger charge is 2.22. The minimum Gasteiger partial charge on any atom is -0.456 e. The molecule has 3 nitrogen and oxygen atoms in total. The summed E-state index contributed by atoms with van der Waals surface area (Å²) in [7, 11) is 0. The normalized spacial score (nSPS) is 11.5. The van der Waals surface area contributed by atoms with Crippen LogP contribution in [0.3, 0.4) is 0 Å². The molecule has 0 saturated heterocycles. The first-order valence-electron chi connectivity index (χ1n) is 17.3. The molecule has 0 atom stereocenters. The van der Waals surface area contributed by atoms with Crippen LogP contribution in [0.1, 0.15) is 0 Å². The van der Waals surface area contributed by atoms with Crippen molar-refractivity contribution in [2.24, 2.45) is 0 Å². The second kappa shape index (κ2) is 11.9. The summed E-state index contributed by atoms with van der Waals surface area (Å²) in [5.41, 5.74) is 13.4. The van der Waals surface area contributed by atoms with E-state index in [1.807, 2.05) is 18.2 Å². The summed E-state index contributed by atoms with van der Waals surface area (Å²) in [6, 6.07) is 66.0. The molecule has 0 unspecified atom stereocenters. The lowest BCUT2D eigenvalue weighted by atomic mass is 9.96. The number of anilines is 3. The third-order valence-corrected chi connectivity index (χ3v) is 9.87. The Bertz CT molecular complexity index is 2730. The average Bonchev–Trinajstić information content (AvgIpc) is 3.76. The molecular weight excluding hydrogens is 623 g/mol. The summed E-state index contributed by atoms with van der Waals surface area (Å²) in [5, 5.41) is 4.24. The molecule has 3 heteroatoms. The molecule has 10 rings (SSSR count). The fraction of sp³-hybridized carbons (Fsp3) is 0. The maximum atomic E-state index is 6.91. The van der Waals surface area contributed by atoms with Gasteiger partial charge in [0.1, 0.15) is 22.3 Å². The van der Waals surface area contributed by atoms with Crippen molar-refractivity contribution in [2.75, 3.05) is 4.90 Å². The molecule has 0 N–H and O–H groups in total. The van der Waals surface area contributed by atoms with Crippen LogP contribution < -0.4 is 4.90 Å². The molecule has 51 heavy (non-hydrogen) atoms. The molecule has 0 aliphatic rings. The van der Waals surface area contributed by atoms with Crippen LogP contribution in [0.25, 0.3) is 77.3 Å². The zero-order valence-corrected chi connectivity index (χ0v) is 27.7. The van der Waals surface area contributed by atoms with Crippen molar-refractivity contribution < 1.29 is 8.83 Å². The molecule has 0 radical (unpaired) electrons. The zero-order chi connectivity index (χ0) is 33.7. The number of para-hydroxylation sites is 1. The number of hydrogen-bond acceptors (Lipinski definition) is 3. The minimum absolute atomic E-state index is 0.823. The largest absolute Gasteiger partial charge is 0.456 e. The summed E-state index contributed by atoms with van der Waals surface area (Å²) in [4.78, 5) is 2.30. The predicted octanol–water partition coefficient (Wildman–Crippen LogP) is 14.0. The van der Waals surface area contributed by atoms with E-state index in [0.29, 0.717) is 0 Å². The van der Waals surface area contributed by atoms with Crippen molar-refractivity contribution in [3.63, 3.8) is 0 Å². The smallest absolute Gasteiger partial charge is 0.144 e. The highest BCUT2D eigenvalue weighted by Crippen LogP contribution is 2.46. The van der Waals surface area contributed by atoms with Crippen molar-refractivity contribution in [1.29, 1.82) is 0 Å². The van der Waals surface area contributed by atoms with Crippen LogP contribution >= 0.6 is 0 Å². The van der Waals surface area contributed by atoms with E-state index in [1.54, 1.807) is 0 Å². The van der Waals surface area contributed by atoms with Gasteiger partial charge in [0.15, 0.2) is 0 Å². The molecule has 10 aromatic rings. The monoisotopic (exact) mass is 653 g/mol. The summed E-state index contributed by atoms with van der Waals surface area (Å²) in [5.74, 6) is 0. The number of fused-ring (bicyclic) bond motifs is 6. The Labute approximate surface area is 295 Å². The lowest BCUT2D eigenvalue weighted by molar-refractivity contribution is 0.664. The molecule has 2 heterocycles. The molecule has 0 spiro atoms. The Morgan fingerprint density at radius 3 is 1.43 bits per heavy atom. The molecule has 0 bridgehead atoms. The molecular formula is C48H31NO2. The van der Waals surface area contributed by atoms with Gasteiger partial charge in [-0.15, -0.1) is 0 Å². The number of furan rings is 2. The number of nitrogens with zero attached hydrogens (tertiary/aromatic N) is 1. The summed E-state index contributed by atoms with van der Waals surface area (Å²) in [6.07, 6.45) is 0. The first-order valence-corrected chi connectivity index (χ1v) is 17.3. The highest BCUT2D eigenvalue weighted by molar-refractivity contribution is 6.23. The fourth-order valence-electron chi connectivity index (χ4n) is 7.44. The SMILES string of the molecule is c1ccc(-c2ccc(N(c3ccc(-c4ccccc4)cc3)c3ccc4c(c3)oc3c(-c5ccccc5)c5c(cc34)oc3ccccc35)cc2)cc1. The van der Waals surface area contributed by atoms with Crippen LogP contribution in [0.5, 0.6) is 0 Å². The topological polar surface area (TPSA) is 29.5 Å². The number of rotatable bonds is 6. The van der Waals surface area contributed by atoms with Gasteiger partial charge in [-0.3, -0.25) is 0 Å². The van der Waals surface area contributed by atoms with Gasteiger partial charge in [0.25, 0.3) is 0 Å². The summed E-state index contributed by atoms with van der Waals surface area (Å²) >= 11 is 0. The van der Waals surface area contributed by atoms with Crippen LogP contribution in [-0.4, -0.2) is 0 Å². The van der Waals surface area contributed by atoms with Crippen molar-refractivity contribution in [3.8, 4) is 33.4 Å². The van der Waals surface area contributed by atoms with Gasteiger partial charge in [-0.25, -0.2) is 0 Å². The highest BCUT2D eigenvalue weighted by atomic mass is 16.3. The van der Waals surface area contributed by atoms with Gasteiger partial charge in [0.2, 0.25) is 0 Å². The van der Waals surface area contributed by atoms with Crippen LogP contribution in [0.15, 0.2) is 197 Å². The van der Waals surface area contributed by atoms with Crippen molar-refractivity contribution in [3.05, 3.63) is 188 Å². The van der Waals surface area contributed by atoms with E-state index in [9.17, 15) is 0 Å². The molecule has 8 aromatic carbocycles. The molecule has 240 valence electrons. The number of benzene rings is 8. The van der Waals surface area contributed by atoms with Crippen molar-refractivity contribution >= 4 is 60.9 Å². The fourth-order valence-corrected chi connectivity index (χ4v) is 7.44. The first kappa shape index (κ1) is 29.1. The van der Waals surface area contributed by atoms with E-state index in [2.05, 4.69) is 175 Å². The van der Waals surface area contributed by atoms with Gasteiger partial charge in [-0.05, 0) is 76.3 Å². The lowest BCUT2D eigenvalue weighted by Crippen LogP contribution is -2.09. The van der Waals surface area contributed by atoms with E-state index in [1.165, 1.54) is 22.3 Å². The second-order valence-corrected chi connectivity index (χ2v) is 12.9. The van der Waals surface area contributed by atoms with Crippen molar-refractivity contribution in [1.82, 2.24) is 0 Å². The Morgan fingerprint density at radius 1 is 0.314 bits per heavy atom. The van der Waals surface area contributed by atoms with Gasteiger partial charge >= 0.3 is 0 Å². The maximum absolute atomic E-state index is 6.91. The van der Waals surface area contributed by atoms with Crippen LogP contribution in [-0.2, 0) is 0 Å². The molecule has 0 amide bonds. The van der Waals surface area contributed by atoms with Gasteiger partial charge in [0.05, 0.1) is 0 Å². The lowest BCUT2D eigenvalue weighted by Gasteiger charge is -2.26. The standard InChI is InChI=1S/C48H31NO2/c1-4-12-32(13-5-1)34-20-24-37(25-21-34)49(38-26-22-35(23-27-38)33-14-6-2-7-15-33)39-28-29-40-42-31-45-47(41-18-10-11-19-43(41)50-45)46(36-16-8-3-9-17-36)48(42)51-44(40)30-39/h1-31H. The third kappa shape index (κ3) is 4.98. The van der Waals surface area contributed by atoms with Gasteiger partial charge in [0, 0.05) is 50.2 Å². The summed E-state index contributed by atoms with van der Waals surface area (Å²) < 4.78 is 13.4. The molecule has 0 fully saturated rings. The Kier molecular flexibility index (Phi) is 6.81. The van der Waals surface area contributed by atoms with E-state index in [-0.39, 0.29) is 0 Å². The second-order valence-electron chi connectivity index (χ2n) is 12.9. The van der Waals surface area contributed by atoms with Crippen molar-refractivity contribution in [2.45, 2.75) is 0 Å². The maximum Gasteiger partial charge on any atom is 0.144 e. The average molecular weight is 654 g/mol. The van der Waals surface area contributed by atoms with E-state index < -0.39 is 0 Å². The van der Waals surface area contributed by atoms with Gasteiger partial charge in [-0.1, -0.05) is 133 Å². The Hall–Kier alpha value is -6.84.